The number of nitriles is 1. The van der Waals surface area contributed by atoms with Gasteiger partial charge in [0.15, 0.2) is 0 Å². The van der Waals surface area contributed by atoms with Crippen LogP contribution in [0, 0.1) is 18.3 Å². The van der Waals surface area contributed by atoms with E-state index in [9.17, 15) is 13.7 Å². The normalized spacial score (nSPS) is 17.4. The molecule has 0 aliphatic heterocycles. The molecule has 0 saturated carbocycles. The van der Waals surface area contributed by atoms with E-state index in [0.29, 0.717) is 35.5 Å². The van der Waals surface area contributed by atoms with Crippen molar-refractivity contribution < 1.29 is 13.2 Å². The average molecular weight is 613 g/mol. The number of rotatable bonds is 10. The predicted octanol–water partition coefficient (Wildman–Crippen LogP) is 7.78. The average Bonchev–Trinajstić information content (AvgIpc) is 3.57. The molecule has 5 rings (SSSR count). The zero-order valence-electron chi connectivity index (χ0n) is 25.9. The van der Waals surface area contributed by atoms with E-state index in [4.69, 9.17) is 9.72 Å². The standard InChI is InChI=1S/C34H40N4O3SSi/c1-8-26-10-9-16-34(4,21-26)42(39,40)38-17-15-29-28(13-11-24(2)32(29)38)25(3)33-36-30-14-12-27(22-35)20-31(30)37(33)23-41-18-19-43(5,6)7/h9-15,17,20-21H,3,8,16,18-19,23H2,1-2,4-7H3. The minimum Gasteiger partial charge on any atom is -0.361 e. The molecule has 0 saturated heterocycles. The number of benzene rings is 2. The first kappa shape index (κ1) is 30.7. The van der Waals surface area contributed by atoms with Gasteiger partial charge < -0.3 is 4.74 Å². The number of ether oxygens (including phenoxy) is 1. The van der Waals surface area contributed by atoms with Crippen molar-refractivity contribution >= 4 is 45.6 Å². The van der Waals surface area contributed by atoms with Crippen LogP contribution in [0.25, 0.3) is 27.5 Å². The molecule has 1 aliphatic rings. The molecule has 2 aromatic carbocycles. The monoisotopic (exact) mass is 612 g/mol. The van der Waals surface area contributed by atoms with Crippen molar-refractivity contribution in [3.05, 3.63) is 95.5 Å². The van der Waals surface area contributed by atoms with E-state index < -0.39 is 22.8 Å². The Morgan fingerprint density at radius 1 is 1.21 bits per heavy atom. The number of aryl methyl sites for hydroxylation is 1. The van der Waals surface area contributed by atoms with Crippen molar-refractivity contribution in [2.24, 2.45) is 0 Å². The highest BCUT2D eigenvalue weighted by Gasteiger charge is 2.40. The lowest BCUT2D eigenvalue weighted by Crippen LogP contribution is -2.38. The van der Waals surface area contributed by atoms with Gasteiger partial charge in [0.25, 0.3) is 0 Å². The summed E-state index contributed by atoms with van der Waals surface area (Å²) >= 11 is 0. The SMILES string of the molecule is C=C(c1ccc(C)c2c1ccn2S(=O)(=O)C1(C)C=C(CC)C=CC1)c1nc2ccc(C#N)cc2n1COCC[Si](C)(C)C. The lowest BCUT2D eigenvalue weighted by molar-refractivity contribution is 0.0893. The second kappa shape index (κ2) is 11.4. The minimum atomic E-state index is -3.79. The Labute approximate surface area is 255 Å². The maximum absolute atomic E-state index is 14.2. The molecule has 224 valence electrons. The molecule has 2 heterocycles. The molecule has 1 aliphatic carbocycles. The molecule has 43 heavy (non-hydrogen) atoms. The summed E-state index contributed by atoms with van der Waals surface area (Å²) in [5.74, 6) is 0.624. The van der Waals surface area contributed by atoms with Crippen LogP contribution in [0.4, 0.5) is 0 Å². The van der Waals surface area contributed by atoms with Crippen LogP contribution >= 0.6 is 0 Å². The van der Waals surface area contributed by atoms with Crippen molar-refractivity contribution in [3.63, 3.8) is 0 Å². The molecule has 1 atom stereocenters. The zero-order valence-corrected chi connectivity index (χ0v) is 27.8. The van der Waals surface area contributed by atoms with Gasteiger partial charge in [0, 0.05) is 31.8 Å². The Morgan fingerprint density at radius 2 is 1.98 bits per heavy atom. The van der Waals surface area contributed by atoms with Gasteiger partial charge in [-0.2, -0.15) is 5.26 Å². The summed E-state index contributed by atoms with van der Waals surface area (Å²) in [6, 6.07) is 14.5. The van der Waals surface area contributed by atoms with Crippen molar-refractivity contribution in [2.75, 3.05) is 6.61 Å². The fourth-order valence-electron chi connectivity index (χ4n) is 5.63. The molecular weight excluding hydrogens is 573 g/mol. The smallest absolute Gasteiger partial charge is 0.248 e. The molecule has 0 amide bonds. The summed E-state index contributed by atoms with van der Waals surface area (Å²) in [7, 11) is -5.07. The van der Waals surface area contributed by atoms with E-state index in [2.05, 4.69) is 32.3 Å². The lowest BCUT2D eigenvalue weighted by atomic mass is 9.96. The molecule has 0 fully saturated rings. The molecule has 1 unspecified atom stereocenters. The molecule has 9 heteroatoms. The molecule has 7 nitrogen and oxygen atoms in total. The van der Waals surface area contributed by atoms with Crippen molar-refractivity contribution in [3.8, 4) is 6.07 Å². The van der Waals surface area contributed by atoms with Gasteiger partial charge in [-0.3, -0.25) is 4.57 Å². The van der Waals surface area contributed by atoms with Gasteiger partial charge in [-0.25, -0.2) is 17.4 Å². The molecule has 0 radical (unpaired) electrons. The quantitative estimate of drug-likeness (QED) is 0.135. The van der Waals surface area contributed by atoms with Crippen LogP contribution in [-0.4, -0.2) is 41.4 Å². The van der Waals surface area contributed by atoms with Crippen LogP contribution < -0.4 is 0 Å². The first-order chi connectivity index (χ1) is 20.3. The predicted molar refractivity (Wildman–Crippen MR) is 178 cm³/mol. The Morgan fingerprint density at radius 3 is 2.67 bits per heavy atom. The summed E-state index contributed by atoms with van der Waals surface area (Å²) in [5.41, 5.74) is 6.05. The second-order valence-corrected chi connectivity index (χ2v) is 20.7. The Bertz CT molecular complexity index is 1950. The number of fused-ring (bicyclic) bond motifs is 2. The molecule has 2 aromatic heterocycles. The fourth-order valence-corrected chi connectivity index (χ4v) is 8.15. The first-order valence-corrected chi connectivity index (χ1v) is 19.9. The number of hydrogen-bond donors (Lipinski definition) is 0. The maximum atomic E-state index is 14.2. The van der Waals surface area contributed by atoms with Crippen molar-refractivity contribution in [1.29, 1.82) is 5.26 Å². The maximum Gasteiger partial charge on any atom is 0.248 e. The topological polar surface area (TPSA) is 89.9 Å². The summed E-state index contributed by atoms with van der Waals surface area (Å²) in [6.45, 7) is 18.1. The Balaban J connectivity index is 1.60. The van der Waals surface area contributed by atoms with E-state index in [0.717, 1.165) is 45.6 Å². The van der Waals surface area contributed by atoms with Crippen LogP contribution in [0.5, 0.6) is 0 Å². The molecule has 0 spiro atoms. The number of imidazole rings is 1. The van der Waals surface area contributed by atoms with Gasteiger partial charge in [-0.15, -0.1) is 0 Å². The Kier molecular flexibility index (Phi) is 8.16. The van der Waals surface area contributed by atoms with Gasteiger partial charge in [0.2, 0.25) is 10.0 Å². The van der Waals surface area contributed by atoms with Crippen LogP contribution in [0.2, 0.25) is 25.7 Å². The summed E-state index contributed by atoms with van der Waals surface area (Å²) in [5, 5.41) is 10.3. The Hall–Kier alpha value is -3.71. The number of allylic oxidation sites excluding steroid dienone is 3. The van der Waals surface area contributed by atoms with E-state index in [1.807, 2.05) is 67.0 Å². The van der Waals surface area contributed by atoms with Gasteiger partial charge in [0.1, 0.15) is 17.3 Å². The highest BCUT2D eigenvalue weighted by atomic mass is 32.2. The number of hydrogen-bond acceptors (Lipinski definition) is 5. The van der Waals surface area contributed by atoms with Crippen LogP contribution in [0.1, 0.15) is 49.2 Å². The molecule has 4 aromatic rings. The third-order valence-corrected chi connectivity index (χ3v) is 12.3. The first-order valence-electron chi connectivity index (χ1n) is 14.7. The van der Waals surface area contributed by atoms with Crippen molar-refractivity contribution in [1.82, 2.24) is 13.5 Å². The lowest BCUT2D eigenvalue weighted by Gasteiger charge is -2.29. The summed E-state index contributed by atoms with van der Waals surface area (Å²) in [4.78, 5) is 4.92. The molecule has 0 bridgehead atoms. The summed E-state index contributed by atoms with van der Waals surface area (Å²) in [6.07, 6.45) is 8.71. The van der Waals surface area contributed by atoms with E-state index >= 15 is 0 Å². The fraction of sp³-hybridized carbons (Fsp3) is 0.353. The van der Waals surface area contributed by atoms with Crippen LogP contribution in [0.15, 0.2) is 73.0 Å². The molecule has 0 N–H and O–H groups in total. The second-order valence-electron chi connectivity index (χ2n) is 12.8. The van der Waals surface area contributed by atoms with Crippen molar-refractivity contribution in [2.45, 2.75) is 70.8 Å². The minimum absolute atomic E-state index is 0.270. The number of aromatic nitrogens is 3. The summed E-state index contributed by atoms with van der Waals surface area (Å²) < 4.78 is 36.9. The highest BCUT2D eigenvalue weighted by molar-refractivity contribution is 7.91. The van der Waals surface area contributed by atoms with Gasteiger partial charge in [-0.1, -0.05) is 69.1 Å². The number of nitrogens with zero attached hydrogens (tertiary/aromatic N) is 4. The zero-order chi connectivity index (χ0) is 31.2. The third kappa shape index (κ3) is 5.67. The molecular formula is C34H40N4O3SSi. The van der Waals surface area contributed by atoms with Gasteiger partial charge >= 0.3 is 0 Å². The van der Waals surface area contributed by atoms with E-state index in [1.165, 1.54) is 3.97 Å². The third-order valence-electron chi connectivity index (χ3n) is 8.31. The highest BCUT2D eigenvalue weighted by Crippen LogP contribution is 2.37. The van der Waals surface area contributed by atoms with E-state index in [1.54, 1.807) is 19.2 Å². The van der Waals surface area contributed by atoms with E-state index in [-0.39, 0.29) is 6.73 Å². The van der Waals surface area contributed by atoms with Crippen LogP contribution in [0.3, 0.4) is 0 Å². The van der Waals surface area contributed by atoms with Gasteiger partial charge in [0.05, 0.1) is 28.2 Å². The van der Waals surface area contributed by atoms with Gasteiger partial charge in [-0.05, 0) is 68.1 Å². The largest absolute Gasteiger partial charge is 0.361 e. The van der Waals surface area contributed by atoms with Crippen LogP contribution in [-0.2, 0) is 21.5 Å².